The number of nitrogens with one attached hydrogen (secondary N) is 1. The average molecular weight is 385 g/mol. The van der Waals surface area contributed by atoms with Crippen molar-refractivity contribution in [3.63, 3.8) is 0 Å². The fourth-order valence-corrected chi connectivity index (χ4v) is 2.42. The maximum atomic E-state index is 11.9. The highest BCUT2D eigenvalue weighted by atomic mass is 35.5. The molecular weight excluding hydrogens is 371 g/mol. The molecule has 0 spiro atoms. The summed E-state index contributed by atoms with van der Waals surface area (Å²) in [6, 6.07) is 8.22. The number of nitro benzene ring substituents is 1. The number of anilines is 1. The van der Waals surface area contributed by atoms with E-state index in [4.69, 9.17) is 27.9 Å². The molecule has 0 aliphatic carbocycles. The zero-order valence-corrected chi connectivity index (χ0v) is 14.4. The quantitative estimate of drug-likeness (QED) is 0.318. The minimum atomic E-state index is -0.612. The van der Waals surface area contributed by atoms with Crippen LogP contribution in [0.1, 0.15) is 12.8 Å². The van der Waals surface area contributed by atoms with Crippen molar-refractivity contribution >= 4 is 40.5 Å². The second-order valence-corrected chi connectivity index (χ2v) is 5.88. The van der Waals surface area contributed by atoms with E-state index in [2.05, 4.69) is 5.32 Å². The largest absolute Gasteiger partial charge is 0.506 e. The Balaban J connectivity index is 1.83. The number of amides is 1. The number of rotatable bonds is 7. The van der Waals surface area contributed by atoms with E-state index in [9.17, 15) is 20.0 Å². The number of aromatic hydroxyl groups is 1. The molecule has 0 heterocycles. The van der Waals surface area contributed by atoms with E-state index in [0.29, 0.717) is 22.2 Å². The fourth-order valence-electron chi connectivity index (χ4n) is 1.96. The van der Waals surface area contributed by atoms with Crippen LogP contribution in [0.5, 0.6) is 11.5 Å². The number of phenolic OH excluding ortho intramolecular Hbond substituents is 1. The number of nitrogens with zero attached hydrogens (tertiary/aromatic N) is 1. The van der Waals surface area contributed by atoms with Crippen LogP contribution in [0.2, 0.25) is 10.0 Å². The van der Waals surface area contributed by atoms with Crippen molar-refractivity contribution in [2.45, 2.75) is 12.8 Å². The van der Waals surface area contributed by atoms with Crippen LogP contribution in [0, 0.1) is 10.1 Å². The molecule has 2 rings (SSSR count). The molecule has 0 aliphatic heterocycles. The third-order valence-electron chi connectivity index (χ3n) is 3.16. The van der Waals surface area contributed by atoms with Crippen molar-refractivity contribution in [1.29, 1.82) is 0 Å². The van der Waals surface area contributed by atoms with E-state index in [1.807, 2.05) is 0 Å². The van der Waals surface area contributed by atoms with Crippen molar-refractivity contribution in [1.82, 2.24) is 0 Å². The van der Waals surface area contributed by atoms with Crippen molar-refractivity contribution in [3.05, 3.63) is 56.6 Å². The molecule has 0 aromatic heterocycles. The molecule has 25 heavy (non-hydrogen) atoms. The van der Waals surface area contributed by atoms with Gasteiger partial charge in [0.05, 0.1) is 22.2 Å². The number of hydrogen-bond acceptors (Lipinski definition) is 5. The summed E-state index contributed by atoms with van der Waals surface area (Å²) >= 11 is 11.7. The van der Waals surface area contributed by atoms with Gasteiger partial charge in [0.25, 0.3) is 5.69 Å². The minimum absolute atomic E-state index is 0.0131. The Labute approximate surface area is 153 Å². The van der Waals surface area contributed by atoms with Crippen LogP contribution < -0.4 is 10.1 Å². The first-order valence-corrected chi connectivity index (χ1v) is 7.97. The van der Waals surface area contributed by atoms with Crippen LogP contribution in [0.15, 0.2) is 36.4 Å². The molecule has 0 saturated carbocycles. The minimum Gasteiger partial charge on any atom is -0.506 e. The lowest BCUT2D eigenvalue weighted by atomic mass is 10.2. The number of benzene rings is 2. The Morgan fingerprint density at radius 2 is 2.00 bits per heavy atom. The highest BCUT2D eigenvalue weighted by Gasteiger charge is 2.12. The Kier molecular flexibility index (Phi) is 6.44. The van der Waals surface area contributed by atoms with E-state index < -0.39 is 10.8 Å². The van der Waals surface area contributed by atoms with Gasteiger partial charge in [0.15, 0.2) is 0 Å². The number of carbonyl (C=O) groups excluding carboxylic acids is 1. The van der Waals surface area contributed by atoms with E-state index in [0.717, 1.165) is 18.2 Å². The number of halogens is 2. The highest BCUT2D eigenvalue weighted by Crippen LogP contribution is 2.29. The number of carbonyl (C=O) groups is 1. The highest BCUT2D eigenvalue weighted by molar-refractivity contribution is 6.35. The first kappa shape index (κ1) is 18.8. The molecule has 7 nitrogen and oxygen atoms in total. The normalized spacial score (nSPS) is 10.3. The van der Waals surface area contributed by atoms with Crippen LogP contribution >= 0.6 is 23.2 Å². The molecule has 2 aromatic rings. The Bertz CT molecular complexity index is 798. The SMILES string of the molecule is O=C(CCCOc1ccc(Cl)cc1Cl)Nc1cc([N+](=O)[O-])ccc1O. The first-order chi connectivity index (χ1) is 11.9. The van der Waals surface area contributed by atoms with Gasteiger partial charge in [-0.1, -0.05) is 23.2 Å². The van der Waals surface area contributed by atoms with Crippen molar-refractivity contribution < 1.29 is 19.6 Å². The maximum Gasteiger partial charge on any atom is 0.271 e. The summed E-state index contributed by atoms with van der Waals surface area (Å²) in [6.07, 6.45) is 0.494. The third kappa shape index (κ3) is 5.51. The maximum absolute atomic E-state index is 11.9. The third-order valence-corrected chi connectivity index (χ3v) is 3.70. The molecule has 0 saturated heterocycles. The molecule has 132 valence electrons. The molecule has 0 bridgehead atoms. The molecule has 0 aliphatic rings. The number of nitro groups is 1. The van der Waals surface area contributed by atoms with Gasteiger partial charge in [0.2, 0.25) is 5.91 Å². The van der Waals surface area contributed by atoms with Gasteiger partial charge in [-0.3, -0.25) is 14.9 Å². The van der Waals surface area contributed by atoms with Crippen LogP contribution in [0.4, 0.5) is 11.4 Å². The van der Waals surface area contributed by atoms with Gasteiger partial charge in [0.1, 0.15) is 11.5 Å². The standard InChI is InChI=1S/C16H14Cl2N2O5/c17-10-3-6-15(12(18)8-10)25-7-1-2-16(22)19-13-9-11(20(23)24)4-5-14(13)21/h3-6,8-9,21H,1-2,7H2,(H,19,22). The van der Waals surface area contributed by atoms with Crippen molar-refractivity contribution in [2.24, 2.45) is 0 Å². The summed E-state index contributed by atoms with van der Waals surface area (Å²) < 4.78 is 5.46. The van der Waals surface area contributed by atoms with Crippen LogP contribution in [-0.2, 0) is 4.79 Å². The summed E-state index contributed by atoms with van der Waals surface area (Å²) in [5, 5.41) is 23.7. The molecule has 2 aromatic carbocycles. The molecular formula is C16H14Cl2N2O5. The zero-order valence-electron chi connectivity index (χ0n) is 12.9. The monoisotopic (exact) mass is 384 g/mol. The summed E-state index contributed by atoms with van der Waals surface area (Å²) in [5.41, 5.74) is -0.241. The van der Waals surface area contributed by atoms with Gasteiger partial charge in [0, 0.05) is 23.6 Å². The van der Waals surface area contributed by atoms with Gasteiger partial charge in [-0.15, -0.1) is 0 Å². The number of hydrogen-bond donors (Lipinski definition) is 2. The summed E-state index contributed by atoms with van der Waals surface area (Å²) in [4.78, 5) is 22.0. The Morgan fingerprint density at radius 1 is 1.24 bits per heavy atom. The number of non-ortho nitro benzene ring substituents is 1. The smallest absolute Gasteiger partial charge is 0.271 e. The van der Waals surface area contributed by atoms with Crippen LogP contribution in [0.25, 0.3) is 0 Å². The predicted molar refractivity (Wildman–Crippen MR) is 94.6 cm³/mol. The van der Waals surface area contributed by atoms with Gasteiger partial charge >= 0.3 is 0 Å². The van der Waals surface area contributed by atoms with Gasteiger partial charge in [-0.25, -0.2) is 0 Å². The molecule has 0 fully saturated rings. The molecule has 0 unspecified atom stereocenters. The number of phenols is 1. The lowest BCUT2D eigenvalue weighted by Gasteiger charge is -2.09. The lowest BCUT2D eigenvalue weighted by molar-refractivity contribution is -0.384. The lowest BCUT2D eigenvalue weighted by Crippen LogP contribution is -2.13. The van der Waals surface area contributed by atoms with Crippen molar-refractivity contribution in [3.8, 4) is 11.5 Å². The summed E-state index contributed by atoms with van der Waals surface area (Å²) in [6.45, 7) is 0.246. The fraction of sp³-hybridized carbons (Fsp3) is 0.188. The average Bonchev–Trinajstić information content (AvgIpc) is 2.55. The molecule has 0 atom stereocenters. The molecule has 1 amide bonds. The first-order valence-electron chi connectivity index (χ1n) is 7.22. The van der Waals surface area contributed by atoms with E-state index >= 15 is 0 Å². The van der Waals surface area contributed by atoms with E-state index in [1.165, 1.54) is 0 Å². The van der Waals surface area contributed by atoms with E-state index in [1.54, 1.807) is 18.2 Å². The molecule has 9 heteroatoms. The second-order valence-electron chi connectivity index (χ2n) is 5.03. The predicted octanol–water partition coefficient (Wildman–Crippen LogP) is 4.40. The second kappa shape index (κ2) is 8.55. The van der Waals surface area contributed by atoms with E-state index in [-0.39, 0.29) is 30.2 Å². The summed E-state index contributed by atoms with van der Waals surface area (Å²) in [7, 11) is 0. The number of ether oxygens (including phenoxy) is 1. The molecule has 0 radical (unpaired) electrons. The van der Waals surface area contributed by atoms with Gasteiger partial charge < -0.3 is 15.2 Å². The van der Waals surface area contributed by atoms with Crippen LogP contribution in [-0.4, -0.2) is 22.5 Å². The zero-order chi connectivity index (χ0) is 18.4. The Morgan fingerprint density at radius 3 is 2.68 bits per heavy atom. The van der Waals surface area contributed by atoms with Crippen molar-refractivity contribution in [2.75, 3.05) is 11.9 Å². The summed E-state index contributed by atoms with van der Waals surface area (Å²) in [5.74, 6) is -0.187. The van der Waals surface area contributed by atoms with Gasteiger partial charge in [-0.2, -0.15) is 0 Å². The Hall–Kier alpha value is -2.51. The topological polar surface area (TPSA) is 102 Å². The van der Waals surface area contributed by atoms with Crippen LogP contribution in [0.3, 0.4) is 0 Å². The molecule has 2 N–H and O–H groups in total. The van der Waals surface area contributed by atoms with Gasteiger partial charge in [-0.05, 0) is 30.7 Å².